The molecule has 16 heavy (non-hydrogen) atoms. The van der Waals surface area contributed by atoms with Crippen LogP contribution in [0.5, 0.6) is 0 Å². The lowest BCUT2D eigenvalue weighted by Gasteiger charge is -2.31. The molecule has 0 radical (unpaired) electrons. The highest BCUT2D eigenvalue weighted by Gasteiger charge is 2.30. The third-order valence-corrected chi connectivity index (χ3v) is 3.46. The number of hydrogen-bond donors (Lipinski definition) is 0. The van der Waals surface area contributed by atoms with Crippen molar-refractivity contribution in [2.24, 2.45) is 11.8 Å². The zero-order valence-electron chi connectivity index (χ0n) is 10.7. The molecule has 0 fully saturated rings. The smallest absolute Gasteiger partial charge is 0.133 e. The van der Waals surface area contributed by atoms with E-state index < -0.39 is 0 Å². The van der Waals surface area contributed by atoms with Crippen molar-refractivity contribution in [1.82, 2.24) is 0 Å². The highest BCUT2D eigenvalue weighted by molar-refractivity contribution is 5.79. The summed E-state index contributed by atoms with van der Waals surface area (Å²) in [5.74, 6) is 0.785. The van der Waals surface area contributed by atoms with Gasteiger partial charge in [0.15, 0.2) is 0 Å². The molecule has 0 aliphatic heterocycles. The van der Waals surface area contributed by atoms with E-state index in [1.54, 1.807) is 13.2 Å². The van der Waals surface area contributed by atoms with Crippen LogP contribution < -0.4 is 0 Å². The first-order valence-electron chi connectivity index (χ1n) is 5.94. The molecule has 0 aromatic carbocycles. The molecule has 0 spiro atoms. The summed E-state index contributed by atoms with van der Waals surface area (Å²) in [6, 6.07) is 0. The normalized spacial score (nSPS) is 26.2. The Morgan fingerprint density at radius 2 is 2.00 bits per heavy atom. The average molecular weight is 222 g/mol. The van der Waals surface area contributed by atoms with Crippen LogP contribution in [-0.2, 0) is 9.53 Å². The Labute approximate surface area is 98.4 Å². The Bertz CT molecular complexity index is 313. The van der Waals surface area contributed by atoms with Crippen molar-refractivity contribution in [3.63, 3.8) is 0 Å². The molecule has 0 unspecified atom stereocenters. The molecule has 0 aromatic rings. The fourth-order valence-corrected chi connectivity index (χ4v) is 2.31. The third kappa shape index (κ3) is 3.22. The summed E-state index contributed by atoms with van der Waals surface area (Å²) in [4.78, 5) is 11.6. The maximum absolute atomic E-state index is 11.6. The standard InChI is InChI=1S/C14H22O2/c1-5-6-16-9-13-7-10(2)11(3)8-14(13)12(4)15/h5-6,13-14H,7-9H2,1-4H3/b6-5+/t13-,14-/m0/s1. The molecule has 0 heterocycles. The summed E-state index contributed by atoms with van der Waals surface area (Å²) in [6.07, 6.45) is 5.48. The first-order valence-corrected chi connectivity index (χ1v) is 5.94. The van der Waals surface area contributed by atoms with E-state index in [0.29, 0.717) is 18.3 Å². The molecule has 0 N–H and O–H groups in total. The van der Waals surface area contributed by atoms with Gasteiger partial charge >= 0.3 is 0 Å². The Morgan fingerprint density at radius 3 is 2.56 bits per heavy atom. The van der Waals surface area contributed by atoms with Crippen LogP contribution in [0, 0.1) is 11.8 Å². The van der Waals surface area contributed by atoms with Gasteiger partial charge in [0.05, 0.1) is 12.9 Å². The van der Waals surface area contributed by atoms with Gasteiger partial charge < -0.3 is 4.74 Å². The quantitative estimate of drug-likeness (QED) is 0.537. The second-order valence-electron chi connectivity index (χ2n) is 4.75. The molecular weight excluding hydrogens is 200 g/mol. The van der Waals surface area contributed by atoms with Crippen LogP contribution in [-0.4, -0.2) is 12.4 Å². The zero-order valence-corrected chi connectivity index (χ0v) is 10.7. The second-order valence-corrected chi connectivity index (χ2v) is 4.75. The largest absolute Gasteiger partial charge is 0.501 e. The summed E-state index contributed by atoms with van der Waals surface area (Å²) in [5.41, 5.74) is 2.80. The summed E-state index contributed by atoms with van der Waals surface area (Å²) in [6.45, 7) is 8.57. The van der Waals surface area contributed by atoms with Crippen LogP contribution in [0.25, 0.3) is 0 Å². The highest BCUT2D eigenvalue weighted by Crippen LogP contribution is 2.34. The molecule has 0 bridgehead atoms. The van der Waals surface area contributed by atoms with Gasteiger partial charge in [0.2, 0.25) is 0 Å². The predicted molar refractivity (Wildman–Crippen MR) is 66.0 cm³/mol. The van der Waals surface area contributed by atoms with E-state index in [1.807, 2.05) is 13.0 Å². The molecule has 0 saturated carbocycles. The molecule has 0 saturated heterocycles. The van der Waals surface area contributed by atoms with Gasteiger partial charge in [-0.05, 0) is 40.5 Å². The van der Waals surface area contributed by atoms with E-state index in [1.165, 1.54) is 11.1 Å². The monoisotopic (exact) mass is 222 g/mol. The van der Waals surface area contributed by atoms with E-state index in [9.17, 15) is 4.79 Å². The van der Waals surface area contributed by atoms with Crippen LogP contribution in [0.4, 0.5) is 0 Å². The van der Waals surface area contributed by atoms with Gasteiger partial charge in [-0.1, -0.05) is 17.2 Å². The fourth-order valence-electron chi connectivity index (χ4n) is 2.31. The van der Waals surface area contributed by atoms with Gasteiger partial charge in [0.1, 0.15) is 5.78 Å². The molecule has 1 rings (SSSR count). The molecule has 2 heteroatoms. The van der Waals surface area contributed by atoms with E-state index in [4.69, 9.17) is 4.74 Å². The summed E-state index contributed by atoms with van der Waals surface area (Å²) >= 11 is 0. The minimum Gasteiger partial charge on any atom is -0.501 e. The number of rotatable bonds is 4. The predicted octanol–water partition coefficient (Wildman–Crippen LogP) is 3.49. The van der Waals surface area contributed by atoms with E-state index >= 15 is 0 Å². The molecule has 2 atom stereocenters. The van der Waals surface area contributed by atoms with Crippen molar-refractivity contribution in [2.45, 2.75) is 40.5 Å². The van der Waals surface area contributed by atoms with Crippen LogP contribution in [0.15, 0.2) is 23.5 Å². The lowest BCUT2D eigenvalue weighted by molar-refractivity contribution is -0.123. The second kappa shape index (κ2) is 5.88. The molecule has 1 aliphatic carbocycles. The molecule has 90 valence electrons. The van der Waals surface area contributed by atoms with E-state index in [-0.39, 0.29) is 5.92 Å². The number of carbonyl (C=O) groups excluding carboxylic acids is 1. The lowest BCUT2D eigenvalue weighted by Crippen LogP contribution is -2.29. The maximum Gasteiger partial charge on any atom is 0.133 e. The Balaban J connectivity index is 2.68. The lowest BCUT2D eigenvalue weighted by atomic mass is 9.75. The van der Waals surface area contributed by atoms with E-state index in [2.05, 4.69) is 13.8 Å². The van der Waals surface area contributed by atoms with Crippen LogP contribution >= 0.6 is 0 Å². The van der Waals surface area contributed by atoms with Crippen LogP contribution in [0.2, 0.25) is 0 Å². The summed E-state index contributed by atoms with van der Waals surface area (Å²) in [5, 5.41) is 0. The average Bonchev–Trinajstić information content (AvgIpc) is 2.23. The Morgan fingerprint density at radius 1 is 1.38 bits per heavy atom. The van der Waals surface area contributed by atoms with Gasteiger partial charge in [0.25, 0.3) is 0 Å². The van der Waals surface area contributed by atoms with E-state index in [0.717, 1.165) is 12.8 Å². The number of Topliss-reactive ketones (excluding diaryl/α,β-unsaturated/α-hetero) is 1. The SMILES string of the molecule is C/C=C/OC[C@@H]1CC(C)=C(C)C[C@H]1C(C)=O. The molecular formula is C14H22O2. The fraction of sp³-hybridized carbons (Fsp3) is 0.643. The van der Waals surface area contributed by atoms with Crippen molar-refractivity contribution in [3.05, 3.63) is 23.5 Å². The van der Waals surface area contributed by atoms with Crippen molar-refractivity contribution < 1.29 is 9.53 Å². The summed E-state index contributed by atoms with van der Waals surface area (Å²) < 4.78 is 5.43. The first kappa shape index (κ1) is 13.0. The summed E-state index contributed by atoms with van der Waals surface area (Å²) in [7, 11) is 0. The van der Waals surface area contributed by atoms with Crippen molar-refractivity contribution in [1.29, 1.82) is 0 Å². The van der Waals surface area contributed by atoms with Gasteiger partial charge in [-0.3, -0.25) is 4.79 Å². The topological polar surface area (TPSA) is 26.3 Å². The number of allylic oxidation sites excluding steroid dienone is 3. The van der Waals surface area contributed by atoms with Crippen molar-refractivity contribution >= 4 is 5.78 Å². The number of ether oxygens (including phenoxy) is 1. The number of carbonyl (C=O) groups is 1. The highest BCUT2D eigenvalue weighted by atomic mass is 16.5. The molecule has 0 aromatic heterocycles. The molecule has 0 amide bonds. The van der Waals surface area contributed by atoms with Gasteiger partial charge in [0, 0.05) is 11.8 Å². The van der Waals surface area contributed by atoms with Gasteiger partial charge in [-0.25, -0.2) is 0 Å². The van der Waals surface area contributed by atoms with Crippen LogP contribution in [0.1, 0.15) is 40.5 Å². The Kier molecular flexibility index (Phi) is 4.78. The minimum atomic E-state index is 0.147. The van der Waals surface area contributed by atoms with Gasteiger partial charge in [-0.2, -0.15) is 0 Å². The van der Waals surface area contributed by atoms with Crippen molar-refractivity contribution in [2.75, 3.05) is 6.61 Å². The minimum absolute atomic E-state index is 0.147. The first-order chi connectivity index (χ1) is 7.56. The molecule has 1 aliphatic rings. The Hall–Kier alpha value is -1.05. The molecule has 2 nitrogen and oxygen atoms in total. The third-order valence-electron chi connectivity index (χ3n) is 3.46. The zero-order chi connectivity index (χ0) is 12.1. The van der Waals surface area contributed by atoms with Gasteiger partial charge in [-0.15, -0.1) is 0 Å². The van der Waals surface area contributed by atoms with Crippen LogP contribution in [0.3, 0.4) is 0 Å². The number of hydrogen-bond acceptors (Lipinski definition) is 2. The maximum atomic E-state index is 11.6. The number of ketones is 1. The van der Waals surface area contributed by atoms with Crippen molar-refractivity contribution in [3.8, 4) is 0 Å².